The molecule has 1 unspecified atom stereocenters. The molecule has 7 heteroatoms. The molecule has 3 rings (SSSR count). The summed E-state index contributed by atoms with van der Waals surface area (Å²) >= 11 is 0. The number of rotatable bonds is 6. The lowest BCUT2D eigenvalue weighted by Crippen LogP contribution is -2.50. The van der Waals surface area contributed by atoms with E-state index in [9.17, 15) is 4.79 Å². The molecule has 0 spiro atoms. The normalized spacial score (nSPS) is 19.0. The molecule has 0 bridgehead atoms. The van der Waals surface area contributed by atoms with Crippen LogP contribution >= 0.6 is 0 Å². The number of methoxy groups -OCH3 is 2. The second-order valence-corrected chi connectivity index (χ2v) is 6.31. The van der Waals surface area contributed by atoms with Gasteiger partial charge < -0.3 is 24.4 Å². The Hall–Kier alpha value is -1.99. The second kappa shape index (κ2) is 8.40. The Labute approximate surface area is 148 Å². The second-order valence-electron chi connectivity index (χ2n) is 6.31. The van der Waals surface area contributed by atoms with Crippen molar-refractivity contribution in [2.24, 2.45) is 0 Å². The molecule has 7 nitrogen and oxygen atoms in total. The number of hydrogen-bond acceptors (Lipinski definition) is 5. The summed E-state index contributed by atoms with van der Waals surface area (Å²) in [7, 11) is 3.27. The first-order valence-corrected chi connectivity index (χ1v) is 8.79. The van der Waals surface area contributed by atoms with Crippen molar-refractivity contribution in [1.82, 2.24) is 15.1 Å². The summed E-state index contributed by atoms with van der Waals surface area (Å²) in [6, 6.07) is 6.05. The van der Waals surface area contributed by atoms with Gasteiger partial charge in [-0.1, -0.05) is 6.07 Å². The minimum absolute atomic E-state index is 0.0185. The highest BCUT2D eigenvalue weighted by molar-refractivity contribution is 5.74. The van der Waals surface area contributed by atoms with E-state index in [2.05, 4.69) is 10.2 Å². The van der Waals surface area contributed by atoms with Gasteiger partial charge in [0.05, 0.1) is 33.5 Å². The number of urea groups is 1. The highest BCUT2D eigenvalue weighted by atomic mass is 16.5. The molecule has 2 fully saturated rings. The van der Waals surface area contributed by atoms with Crippen LogP contribution in [0.3, 0.4) is 0 Å². The maximum absolute atomic E-state index is 12.2. The van der Waals surface area contributed by atoms with Crippen LogP contribution in [0.1, 0.15) is 18.0 Å². The van der Waals surface area contributed by atoms with E-state index >= 15 is 0 Å². The number of ether oxygens (including phenoxy) is 3. The Balaban J connectivity index is 1.76. The van der Waals surface area contributed by atoms with E-state index < -0.39 is 0 Å². The third-order valence-electron chi connectivity index (χ3n) is 4.87. The van der Waals surface area contributed by atoms with Crippen LogP contribution in [0.5, 0.6) is 11.5 Å². The Bertz CT molecular complexity index is 586. The molecule has 0 saturated carbocycles. The van der Waals surface area contributed by atoms with Crippen molar-refractivity contribution in [3.8, 4) is 11.5 Å². The van der Waals surface area contributed by atoms with E-state index in [1.54, 1.807) is 14.2 Å². The average Bonchev–Trinajstić information content (AvgIpc) is 2.61. The van der Waals surface area contributed by atoms with Crippen LogP contribution in [0, 0.1) is 0 Å². The predicted octanol–water partition coefficient (Wildman–Crippen LogP) is 1.49. The van der Waals surface area contributed by atoms with Crippen LogP contribution in [-0.2, 0) is 4.74 Å². The molecule has 2 amide bonds. The molecule has 2 saturated heterocycles. The van der Waals surface area contributed by atoms with Gasteiger partial charge in [0.1, 0.15) is 0 Å². The smallest absolute Gasteiger partial charge is 0.317 e. The lowest BCUT2D eigenvalue weighted by Gasteiger charge is -2.36. The largest absolute Gasteiger partial charge is 0.493 e. The van der Waals surface area contributed by atoms with Gasteiger partial charge in [-0.2, -0.15) is 0 Å². The number of hydrogen-bond donors (Lipinski definition) is 1. The zero-order valence-electron chi connectivity index (χ0n) is 15.0. The first-order chi connectivity index (χ1) is 12.2. The minimum Gasteiger partial charge on any atom is -0.493 e. The molecule has 2 aliphatic heterocycles. The summed E-state index contributed by atoms with van der Waals surface area (Å²) in [5, 5.41) is 3.08. The molecule has 138 valence electrons. The Morgan fingerprint density at radius 1 is 1.16 bits per heavy atom. The number of carbonyl (C=O) groups excluding carboxylic acids is 1. The van der Waals surface area contributed by atoms with Gasteiger partial charge in [-0.05, 0) is 24.1 Å². The summed E-state index contributed by atoms with van der Waals surface area (Å²) in [6.07, 6.45) is 1.09. The van der Waals surface area contributed by atoms with E-state index in [1.165, 1.54) is 0 Å². The Kier molecular flexibility index (Phi) is 5.99. The minimum atomic E-state index is 0.0185. The van der Waals surface area contributed by atoms with Gasteiger partial charge in [0.2, 0.25) is 0 Å². The Morgan fingerprint density at radius 3 is 2.48 bits per heavy atom. The van der Waals surface area contributed by atoms with Crippen molar-refractivity contribution < 1.29 is 19.0 Å². The molecule has 0 aromatic heterocycles. The van der Waals surface area contributed by atoms with Crippen LogP contribution in [0.4, 0.5) is 4.79 Å². The molecule has 0 aliphatic carbocycles. The van der Waals surface area contributed by atoms with Crippen LogP contribution in [-0.4, -0.2) is 76.0 Å². The molecular weight excluding hydrogens is 322 g/mol. The number of benzene rings is 1. The van der Waals surface area contributed by atoms with Crippen LogP contribution in [0.25, 0.3) is 0 Å². The van der Waals surface area contributed by atoms with Crippen LogP contribution in [0.2, 0.25) is 0 Å². The number of morpholine rings is 1. The maximum Gasteiger partial charge on any atom is 0.317 e. The zero-order valence-corrected chi connectivity index (χ0v) is 15.0. The third-order valence-corrected chi connectivity index (χ3v) is 4.87. The van der Waals surface area contributed by atoms with E-state index in [4.69, 9.17) is 14.2 Å². The van der Waals surface area contributed by atoms with Crippen molar-refractivity contribution in [2.75, 3.05) is 60.2 Å². The molecule has 1 atom stereocenters. The number of amides is 2. The fraction of sp³-hybridized carbons (Fsp3) is 0.611. The topological polar surface area (TPSA) is 63.3 Å². The number of likely N-dealkylation sites (tertiary alicyclic amines) is 1. The molecule has 2 heterocycles. The summed E-state index contributed by atoms with van der Waals surface area (Å²) in [5.41, 5.74) is 1.10. The standard InChI is InChI=1S/C18H27N3O4/c1-23-16-5-4-14(12-17(16)24-2)15(20-8-10-25-11-9-20)13-19-18(22)21-6-3-7-21/h4-5,12,15H,3,6-11,13H2,1-2H3,(H,19,22). The summed E-state index contributed by atoms with van der Waals surface area (Å²) in [4.78, 5) is 16.4. The van der Waals surface area contributed by atoms with Gasteiger partial charge in [0, 0.05) is 32.7 Å². The van der Waals surface area contributed by atoms with Gasteiger partial charge in [-0.25, -0.2) is 4.79 Å². The van der Waals surface area contributed by atoms with Crippen molar-refractivity contribution in [1.29, 1.82) is 0 Å². The van der Waals surface area contributed by atoms with E-state index in [0.29, 0.717) is 31.3 Å². The number of nitrogens with one attached hydrogen (secondary N) is 1. The first-order valence-electron chi connectivity index (χ1n) is 8.79. The maximum atomic E-state index is 12.2. The van der Waals surface area contributed by atoms with Gasteiger partial charge in [0.15, 0.2) is 11.5 Å². The fourth-order valence-electron chi connectivity index (χ4n) is 3.22. The number of nitrogens with zero attached hydrogens (tertiary/aromatic N) is 2. The van der Waals surface area contributed by atoms with Crippen molar-refractivity contribution in [3.05, 3.63) is 23.8 Å². The van der Waals surface area contributed by atoms with Crippen LogP contribution in [0.15, 0.2) is 18.2 Å². The summed E-state index contributed by atoms with van der Waals surface area (Å²) in [6.45, 7) is 5.38. The van der Waals surface area contributed by atoms with Gasteiger partial charge in [-0.3, -0.25) is 4.90 Å². The molecule has 1 N–H and O–H groups in total. The lowest BCUT2D eigenvalue weighted by atomic mass is 10.0. The van der Waals surface area contributed by atoms with Crippen molar-refractivity contribution in [3.63, 3.8) is 0 Å². The highest BCUT2D eigenvalue weighted by Gasteiger charge is 2.26. The third kappa shape index (κ3) is 4.16. The summed E-state index contributed by atoms with van der Waals surface area (Å²) in [5.74, 6) is 1.41. The monoisotopic (exact) mass is 349 g/mol. The Morgan fingerprint density at radius 2 is 1.88 bits per heavy atom. The van der Waals surface area contributed by atoms with Gasteiger partial charge in [0.25, 0.3) is 0 Å². The molecule has 1 aromatic rings. The predicted molar refractivity (Wildman–Crippen MR) is 94.3 cm³/mol. The molecular formula is C18H27N3O4. The summed E-state index contributed by atoms with van der Waals surface area (Å²) < 4.78 is 16.2. The lowest BCUT2D eigenvalue weighted by molar-refractivity contribution is 0.0163. The van der Waals surface area contributed by atoms with Gasteiger partial charge in [-0.15, -0.1) is 0 Å². The quantitative estimate of drug-likeness (QED) is 0.843. The molecule has 25 heavy (non-hydrogen) atoms. The molecule has 0 radical (unpaired) electrons. The SMILES string of the molecule is COc1ccc(C(CNC(=O)N2CCC2)N2CCOCC2)cc1OC. The highest BCUT2D eigenvalue weighted by Crippen LogP contribution is 2.32. The molecule has 1 aromatic carbocycles. The van der Waals surface area contributed by atoms with Crippen LogP contribution < -0.4 is 14.8 Å². The molecule has 2 aliphatic rings. The zero-order chi connectivity index (χ0) is 17.6. The average molecular weight is 349 g/mol. The van der Waals surface area contributed by atoms with Crippen molar-refractivity contribution in [2.45, 2.75) is 12.5 Å². The fourth-order valence-corrected chi connectivity index (χ4v) is 3.22. The number of carbonyl (C=O) groups is 1. The van der Waals surface area contributed by atoms with E-state index in [-0.39, 0.29) is 12.1 Å². The van der Waals surface area contributed by atoms with E-state index in [1.807, 2.05) is 23.1 Å². The van der Waals surface area contributed by atoms with Gasteiger partial charge >= 0.3 is 6.03 Å². The first kappa shape index (κ1) is 17.8. The van der Waals surface area contributed by atoms with Crippen molar-refractivity contribution >= 4 is 6.03 Å². The van der Waals surface area contributed by atoms with E-state index in [0.717, 1.165) is 38.2 Å².